The minimum atomic E-state index is -0.422. The first-order chi connectivity index (χ1) is 16.6. The van der Waals surface area contributed by atoms with Gasteiger partial charge in [0, 0.05) is 25.2 Å². The van der Waals surface area contributed by atoms with Gasteiger partial charge in [-0.05, 0) is 65.5 Å². The molecule has 1 aliphatic rings. The molecule has 0 saturated heterocycles. The molecule has 9 heteroatoms. The molecule has 1 amide bonds. The van der Waals surface area contributed by atoms with Gasteiger partial charge in [-0.3, -0.25) is 4.79 Å². The molecular formula is C26H28BrNO7. The summed E-state index contributed by atoms with van der Waals surface area (Å²) in [4.78, 5) is 14.8. The first kappa shape index (κ1) is 24.9. The van der Waals surface area contributed by atoms with Crippen LogP contribution in [-0.4, -0.2) is 34.3 Å². The first-order valence-electron chi connectivity index (χ1n) is 10.9. The van der Waals surface area contributed by atoms with Gasteiger partial charge >= 0.3 is 0 Å². The monoisotopic (exact) mass is 545 g/mol. The van der Waals surface area contributed by atoms with Crippen molar-refractivity contribution in [3.8, 4) is 28.9 Å². The van der Waals surface area contributed by atoms with Crippen molar-refractivity contribution < 1.29 is 32.9 Å². The first-order valence-corrected chi connectivity index (χ1v) is 11.7. The van der Waals surface area contributed by atoms with Gasteiger partial charge in [0.1, 0.15) is 28.7 Å². The van der Waals surface area contributed by atoms with E-state index >= 15 is 0 Å². The third-order valence-electron chi connectivity index (χ3n) is 6.04. The molecule has 0 saturated carbocycles. The van der Waals surface area contributed by atoms with Gasteiger partial charge in [-0.1, -0.05) is 0 Å². The van der Waals surface area contributed by atoms with Crippen LogP contribution in [0.15, 0.2) is 39.2 Å². The van der Waals surface area contributed by atoms with Crippen LogP contribution in [0.3, 0.4) is 0 Å². The van der Waals surface area contributed by atoms with Crippen molar-refractivity contribution in [1.29, 1.82) is 0 Å². The Morgan fingerprint density at radius 2 is 1.66 bits per heavy atom. The maximum absolute atomic E-state index is 13.4. The maximum atomic E-state index is 13.4. The number of furan rings is 1. The van der Waals surface area contributed by atoms with Gasteiger partial charge in [0.05, 0.1) is 38.0 Å². The second-order valence-electron chi connectivity index (χ2n) is 8.66. The largest absolute Gasteiger partial charge is 0.496 e. The lowest BCUT2D eigenvalue weighted by Crippen LogP contribution is -2.27. The normalized spacial score (nSPS) is 13.8. The van der Waals surface area contributed by atoms with Crippen LogP contribution in [0.2, 0.25) is 0 Å². The fraction of sp³-hybridized carbons (Fsp3) is 0.346. The molecule has 0 radical (unpaired) electrons. The zero-order valence-electron chi connectivity index (χ0n) is 20.8. The molecule has 1 aromatic heterocycles. The van der Waals surface area contributed by atoms with Crippen LogP contribution in [0.1, 0.15) is 41.1 Å². The molecule has 35 heavy (non-hydrogen) atoms. The Morgan fingerprint density at radius 3 is 2.26 bits per heavy atom. The van der Waals surface area contributed by atoms with Gasteiger partial charge in [-0.2, -0.15) is 0 Å². The second kappa shape index (κ2) is 9.47. The molecular weight excluding hydrogens is 518 g/mol. The van der Waals surface area contributed by atoms with Crippen molar-refractivity contribution in [3.63, 3.8) is 0 Å². The summed E-state index contributed by atoms with van der Waals surface area (Å²) in [6.07, 6.45) is 0. The van der Waals surface area contributed by atoms with E-state index in [0.717, 1.165) is 16.7 Å². The molecule has 0 bridgehead atoms. The lowest BCUT2D eigenvalue weighted by atomic mass is 9.94. The maximum Gasteiger partial charge on any atom is 0.295 e. The highest BCUT2D eigenvalue weighted by atomic mass is 79.9. The van der Waals surface area contributed by atoms with Crippen molar-refractivity contribution >= 4 is 27.5 Å². The van der Waals surface area contributed by atoms with Crippen LogP contribution < -0.4 is 23.8 Å². The van der Waals surface area contributed by atoms with E-state index in [1.54, 1.807) is 32.4 Å². The summed E-state index contributed by atoms with van der Waals surface area (Å²) in [7, 11) is 6.17. The van der Waals surface area contributed by atoms with Gasteiger partial charge in [-0.25, -0.2) is 0 Å². The minimum Gasteiger partial charge on any atom is -0.496 e. The number of fused-ring (bicyclic) bond motifs is 1. The molecule has 0 aliphatic carbocycles. The van der Waals surface area contributed by atoms with E-state index in [1.165, 1.54) is 19.1 Å². The van der Waals surface area contributed by atoms with E-state index in [4.69, 9.17) is 28.1 Å². The quantitative estimate of drug-likeness (QED) is 0.349. The molecule has 0 fully saturated rings. The predicted molar refractivity (Wildman–Crippen MR) is 134 cm³/mol. The van der Waals surface area contributed by atoms with Crippen molar-refractivity contribution in [3.05, 3.63) is 57.3 Å². The third kappa shape index (κ3) is 4.58. The lowest BCUT2D eigenvalue weighted by molar-refractivity contribution is -0.00795. The Labute approximate surface area is 212 Å². The SMILES string of the molecule is COc1cc(OC)c(N(C)C(=O)c2oc(Oc3cc4c(cc3C)COC4(C)C)cc2Br)c(OC)c1. The van der Waals surface area contributed by atoms with Crippen LogP contribution in [0, 0.1) is 6.92 Å². The fourth-order valence-electron chi connectivity index (χ4n) is 4.10. The number of carbonyl (C=O) groups excluding carboxylic acids is 1. The summed E-state index contributed by atoms with van der Waals surface area (Å²) in [5.41, 5.74) is 3.18. The molecule has 1 aliphatic heterocycles. The zero-order valence-corrected chi connectivity index (χ0v) is 22.4. The standard InChI is InChI=1S/C26H28BrNO7/c1-14-8-15-13-33-26(2,3)17(15)11-19(14)34-22-12-18(27)24(35-22)25(29)28(4)23-20(31-6)9-16(30-5)10-21(23)32-7/h8-12H,13H2,1-7H3. The molecule has 2 aromatic carbocycles. The Kier molecular flexibility index (Phi) is 6.75. The number of halogens is 1. The van der Waals surface area contributed by atoms with Crippen LogP contribution in [0.25, 0.3) is 0 Å². The molecule has 4 rings (SSSR count). The van der Waals surface area contributed by atoms with E-state index in [2.05, 4.69) is 22.0 Å². The summed E-state index contributed by atoms with van der Waals surface area (Å²) < 4.78 is 34.5. The summed E-state index contributed by atoms with van der Waals surface area (Å²) in [6.45, 7) is 6.57. The summed E-state index contributed by atoms with van der Waals surface area (Å²) >= 11 is 3.43. The Balaban J connectivity index is 1.64. The average molecular weight is 546 g/mol. The summed E-state index contributed by atoms with van der Waals surface area (Å²) in [5, 5.41) is 0. The number of anilines is 1. The number of benzene rings is 2. The number of ether oxygens (including phenoxy) is 5. The Bertz CT molecular complexity index is 1260. The number of rotatable bonds is 7. The minimum absolute atomic E-state index is 0.0740. The van der Waals surface area contributed by atoms with Crippen molar-refractivity contribution in [1.82, 2.24) is 0 Å². The Hall–Kier alpha value is -3.17. The van der Waals surface area contributed by atoms with Crippen LogP contribution >= 0.6 is 15.9 Å². The fourth-order valence-corrected chi connectivity index (χ4v) is 4.54. The zero-order chi connectivity index (χ0) is 25.5. The molecule has 0 unspecified atom stereocenters. The van der Waals surface area contributed by atoms with E-state index < -0.39 is 11.5 Å². The lowest BCUT2D eigenvalue weighted by Gasteiger charge is -2.22. The highest BCUT2D eigenvalue weighted by molar-refractivity contribution is 9.10. The molecule has 8 nitrogen and oxygen atoms in total. The number of hydrogen-bond donors (Lipinski definition) is 0. The van der Waals surface area contributed by atoms with Gasteiger partial charge in [0.15, 0.2) is 0 Å². The van der Waals surface area contributed by atoms with Crippen LogP contribution in [-0.2, 0) is 16.9 Å². The topological polar surface area (TPSA) is 79.6 Å². The average Bonchev–Trinajstić information content (AvgIpc) is 3.35. The molecule has 0 spiro atoms. The van der Waals surface area contributed by atoms with E-state index in [0.29, 0.717) is 39.8 Å². The van der Waals surface area contributed by atoms with Crippen LogP contribution in [0.5, 0.6) is 28.9 Å². The molecule has 3 aromatic rings. The van der Waals surface area contributed by atoms with Crippen LogP contribution in [0.4, 0.5) is 5.69 Å². The number of aryl methyl sites for hydroxylation is 1. The third-order valence-corrected chi connectivity index (χ3v) is 6.62. The van der Waals surface area contributed by atoms with Gasteiger partial charge in [0.25, 0.3) is 11.9 Å². The molecule has 0 N–H and O–H groups in total. The Morgan fingerprint density at radius 1 is 1.00 bits per heavy atom. The van der Waals surface area contributed by atoms with E-state index in [-0.39, 0.29) is 11.7 Å². The number of nitrogens with zero attached hydrogens (tertiary/aromatic N) is 1. The molecule has 186 valence electrons. The van der Waals surface area contributed by atoms with E-state index in [1.807, 2.05) is 26.8 Å². The number of amides is 1. The van der Waals surface area contributed by atoms with Crippen molar-refractivity contribution in [2.45, 2.75) is 33.0 Å². The number of carbonyl (C=O) groups is 1. The molecule has 0 atom stereocenters. The highest BCUT2D eigenvalue weighted by Crippen LogP contribution is 2.43. The predicted octanol–water partition coefficient (Wildman–Crippen LogP) is 6.21. The smallest absolute Gasteiger partial charge is 0.295 e. The van der Waals surface area contributed by atoms with Gasteiger partial charge in [0.2, 0.25) is 5.76 Å². The van der Waals surface area contributed by atoms with Crippen molar-refractivity contribution in [2.24, 2.45) is 0 Å². The van der Waals surface area contributed by atoms with Gasteiger partial charge < -0.3 is 33.0 Å². The number of methoxy groups -OCH3 is 3. The van der Waals surface area contributed by atoms with Crippen molar-refractivity contribution in [2.75, 3.05) is 33.3 Å². The highest BCUT2D eigenvalue weighted by Gasteiger charge is 2.32. The van der Waals surface area contributed by atoms with E-state index in [9.17, 15) is 4.79 Å². The second-order valence-corrected chi connectivity index (χ2v) is 9.52. The number of hydrogen-bond acceptors (Lipinski definition) is 7. The summed E-state index contributed by atoms with van der Waals surface area (Å²) in [5.74, 6) is 1.83. The summed E-state index contributed by atoms with van der Waals surface area (Å²) in [6, 6.07) is 9.00. The van der Waals surface area contributed by atoms with Gasteiger partial charge in [-0.15, -0.1) is 0 Å². The molecule has 2 heterocycles.